The number of benzene rings is 1. The minimum absolute atomic E-state index is 0.0876. The molecule has 1 atom stereocenters. The number of rotatable bonds is 6. The number of nitrogens with one attached hydrogen (secondary N) is 1. The molecule has 0 spiro atoms. The van der Waals surface area contributed by atoms with E-state index in [2.05, 4.69) is 11.4 Å². The summed E-state index contributed by atoms with van der Waals surface area (Å²) in [5.41, 5.74) is 1.78. The second-order valence-electron chi connectivity index (χ2n) is 7.84. The molecule has 2 saturated heterocycles. The lowest BCUT2D eigenvalue weighted by Crippen LogP contribution is -2.34. The summed E-state index contributed by atoms with van der Waals surface area (Å²) in [7, 11) is 0. The molecule has 1 unspecified atom stereocenters. The number of aromatic nitrogens is 1. The van der Waals surface area contributed by atoms with Crippen molar-refractivity contribution >= 4 is 28.8 Å². The van der Waals surface area contributed by atoms with Crippen molar-refractivity contribution < 1.29 is 14.3 Å². The van der Waals surface area contributed by atoms with Crippen molar-refractivity contribution in [1.29, 1.82) is 5.26 Å². The fourth-order valence-corrected chi connectivity index (χ4v) is 4.15. The number of carbonyl (C=O) groups excluding carboxylic acids is 2. The summed E-state index contributed by atoms with van der Waals surface area (Å²) in [6.45, 7) is 2.85. The average Bonchev–Trinajstić information content (AvgIpc) is 3.52. The molecular weight excluding hydrogens is 380 g/mol. The van der Waals surface area contributed by atoms with Crippen LogP contribution in [0, 0.1) is 11.3 Å². The van der Waals surface area contributed by atoms with Gasteiger partial charge in [-0.15, -0.1) is 0 Å². The molecule has 1 aromatic carbocycles. The van der Waals surface area contributed by atoms with Gasteiger partial charge in [0.2, 0.25) is 5.91 Å². The highest BCUT2D eigenvalue weighted by atomic mass is 16.5. The standard InChI is InChI=1S/C23H26N4O3/c24-13-17(23(29)26-9-3-4-10-26)12-18-15-27(21-8-2-1-7-20(18)21)16-22(28)25-14-19-6-5-11-30-19/h1-2,7-8,12,15,19H,3-6,9-11,14,16H2,(H,25,28). The van der Waals surface area contributed by atoms with Gasteiger partial charge in [0.25, 0.3) is 5.91 Å². The summed E-state index contributed by atoms with van der Waals surface area (Å²) >= 11 is 0. The Labute approximate surface area is 175 Å². The largest absolute Gasteiger partial charge is 0.376 e. The van der Waals surface area contributed by atoms with E-state index in [-0.39, 0.29) is 30.0 Å². The van der Waals surface area contributed by atoms with Crippen molar-refractivity contribution in [2.24, 2.45) is 0 Å². The lowest BCUT2D eigenvalue weighted by molar-refractivity contribution is -0.125. The summed E-state index contributed by atoms with van der Waals surface area (Å²) in [6.07, 6.45) is 7.55. The number of nitrogens with zero attached hydrogens (tertiary/aromatic N) is 3. The number of nitriles is 1. The fourth-order valence-electron chi connectivity index (χ4n) is 4.15. The van der Waals surface area contributed by atoms with Crippen molar-refractivity contribution in [3.05, 3.63) is 41.6 Å². The van der Waals surface area contributed by atoms with Crippen LogP contribution in [0.15, 0.2) is 36.0 Å². The minimum Gasteiger partial charge on any atom is -0.376 e. The monoisotopic (exact) mass is 406 g/mol. The first-order valence-electron chi connectivity index (χ1n) is 10.5. The Morgan fingerprint density at radius 3 is 2.77 bits per heavy atom. The lowest BCUT2D eigenvalue weighted by Gasteiger charge is -2.13. The molecule has 2 amide bonds. The van der Waals surface area contributed by atoms with Crippen LogP contribution in [0.3, 0.4) is 0 Å². The molecule has 2 aliphatic heterocycles. The molecule has 0 aliphatic carbocycles. The molecule has 2 fully saturated rings. The van der Waals surface area contributed by atoms with Gasteiger partial charge in [-0.1, -0.05) is 18.2 Å². The SMILES string of the molecule is N#CC(=Cc1cn(CC(=O)NCC2CCCO2)c2ccccc12)C(=O)N1CCCC1. The molecule has 0 bridgehead atoms. The van der Waals surface area contributed by atoms with E-state index in [1.807, 2.05) is 35.0 Å². The average molecular weight is 406 g/mol. The molecule has 156 valence electrons. The third-order valence-corrected chi connectivity index (χ3v) is 5.73. The molecular formula is C23H26N4O3. The Morgan fingerprint density at radius 2 is 2.03 bits per heavy atom. The molecule has 2 aromatic rings. The Balaban J connectivity index is 1.54. The summed E-state index contributed by atoms with van der Waals surface area (Å²) in [4.78, 5) is 26.9. The van der Waals surface area contributed by atoms with E-state index in [1.54, 1.807) is 11.0 Å². The Kier molecular flexibility index (Phi) is 6.15. The maximum Gasteiger partial charge on any atom is 0.264 e. The van der Waals surface area contributed by atoms with Crippen LogP contribution in [0.2, 0.25) is 0 Å². The van der Waals surface area contributed by atoms with Gasteiger partial charge in [-0.25, -0.2) is 0 Å². The maximum absolute atomic E-state index is 12.7. The van der Waals surface area contributed by atoms with Crippen LogP contribution in [0.1, 0.15) is 31.2 Å². The summed E-state index contributed by atoms with van der Waals surface area (Å²) in [5, 5.41) is 13.4. The van der Waals surface area contributed by atoms with Gasteiger partial charge in [-0.3, -0.25) is 9.59 Å². The van der Waals surface area contributed by atoms with Gasteiger partial charge in [0.05, 0.1) is 6.10 Å². The second-order valence-corrected chi connectivity index (χ2v) is 7.84. The van der Waals surface area contributed by atoms with Crippen LogP contribution < -0.4 is 5.32 Å². The highest BCUT2D eigenvalue weighted by Crippen LogP contribution is 2.24. The molecule has 30 heavy (non-hydrogen) atoms. The maximum atomic E-state index is 12.7. The van der Waals surface area contributed by atoms with Crippen LogP contribution >= 0.6 is 0 Å². The molecule has 1 aromatic heterocycles. The van der Waals surface area contributed by atoms with Gasteiger partial charge in [-0.05, 0) is 37.8 Å². The number of carbonyl (C=O) groups is 2. The summed E-state index contributed by atoms with van der Waals surface area (Å²) < 4.78 is 7.42. The lowest BCUT2D eigenvalue weighted by atomic mass is 10.1. The first kappa shape index (κ1) is 20.2. The van der Waals surface area contributed by atoms with Crippen molar-refractivity contribution in [3.63, 3.8) is 0 Å². The van der Waals surface area contributed by atoms with E-state index in [9.17, 15) is 14.9 Å². The highest BCUT2D eigenvalue weighted by molar-refractivity contribution is 6.04. The topological polar surface area (TPSA) is 87.4 Å². The van der Waals surface area contributed by atoms with Crippen LogP contribution in [-0.2, 0) is 20.9 Å². The Bertz CT molecular complexity index is 1010. The van der Waals surface area contributed by atoms with Gasteiger partial charge in [-0.2, -0.15) is 5.26 Å². The third kappa shape index (κ3) is 4.39. The van der Waals surface area contributed by atoms with E-state index < -0.39 is 0 Å². The number of amides is 2. The van der Waals surface area contributed by atoms with Gasteiger partial charge >= 0.3 is 0 Å². The normalized spacial score (nSPS) is 19.2. The molecule has 7 nitrogen and oxygen atoms in total. The van der Waals surface area contributed by atoms with Gasteiger partial charge in [0.1, 0.15) is 18.2 Å². The van der Waals surface area contributed by atoms with E-state index >= 15 is 0 Å². The number of fused-ring (bicyclic) bond motifs is 1. The predicted molar refractivity (Wildman–Crippen MR) is 113 cm³/mol. The minimum atomic E-state index is -0.221. The van der Waals surface area contributed by atoms with Crippen LogP contribution in [0.25, 0.3) is 17.0 Å². The van der Waals surface area contributed by atoms with Gasteiger partial charge in [0.15, 0.2) is 0 Å². The van der Waals surface area contributed by atoms with Crippen molar-refractivity contribution in [2.75, 3.05) is 26.2 Å². The number of ether oxygens (including phenoxy) is 1. The zero-order valence-electron chi connectivity index (χ0n) is 17.0. The Morgan fingerprint density at radius 1 is 1.23 bits per heavy atom. The molecule has 0 saturated carbocycles. The molecule has 2 aliphatic rings. The quantitative estimate of drug-likeness (QED) is 0.590. The van der Waals surface area contributed by atoms with E-state index in [0.717, 1.165) is 48.8 Å². The number of hydrogen-bond acceptors (Lipinski definition) is 4. The van der Waals surface area contributed by atoms with Gasteiger partial charge in [0, 0.05) is 48.9 Å². The van der Waals surface area contributed by atoms with Crippen LogP contribution in [0.4, 0.5) is 0 Å². The number of para-hydroxylation sites is 1. The van der Waals surface area contributed by atoms with E-state index in [1.165, 1.54) is 0 Å². The van der Waals surface area contributed by atoms with Crippen molar-refractivity contribution in [1.82, 2.24) is 14.8 Å². The summed E-state index contributed by atoms with van der Waals surface area (Å²) in [5.74, 6) is -0.309. The zero-order valence-corrected chi connectivity index (χ0v) is 17.0. The molecule has 7 heteroatoms. The molecule has 1 N–H and O–H groups in total. The second kappa shape index (κ2) is 9.14. The van der Waals surface area contributed by atoms with Gasteiger partial charge < -0.3 is 19.5 Å². The Hall–Kier alpha value is -3.11. The first-order valence-corrected chi connectivity index (χ1v) is 10.5. The van der Waals surface area contributed by atoms with Crippen molar-refractivity contribution in [2.45, 2.75) is 38.3 Å². The van der Waals surface area contributed by atoms with E-state index in [0.29, 0.717) is 19.6 Å². The molecule has 3 heterocycles. The third-order valence-electron chi connectivity index (χ3n) is 5.73. The highest BCUT2D eigenvalue weighted by Gasteiger charge is 2.22. The molecule has 0 radical (unpaired) electrons. The fraction of sp³-hybridized carbons (Fsp3) is 0.435. The zero-order chi connectivity index (χ0) is 20.9. The van der Waals surface area contributed by atoms with Crippen LogP contribution in [0.5, 0.6) is 0 Å². The molecule has 4 rings (SSSR count). The number of hydrogen-bond donors (Lipinski definition) is 1. The smallest absolute Gasteiger partial charge is 0.264 e. The van der Waals surface area contributed by atoms with Crippen LogP contribution in [-0.4, -0.2) is 53.6 Å². The van der Waals surface area contributed by atoms with Crippen molar-refractivity contribution in [3.8, 4) is 6.07 Å². The summed E-state index contributed by atoms with van der Waals surface area (Å²) in [6, 6.07) is 9.77. The predicted octanol–water partition coefficient (Wildman–Crippen LogP) is 2.47. The first-order chi connectivity index (χ1) is 14.7. The van der Waals surface area contributed by atoms with E-state index in [4.69, 9.17) is 4.74 Å². The number of likely N-dealkylation sites (tertiary alicyclic amines) is 1.